The first-order valence-corrected chi connectivity index (χ1v) is 17.7. The van der Waals surface area contributed by atoms with Gasteiger partial charge in [-0.1, -0.05) is 75.3 Å². The smallest absolute Gasteiger partial charge is 0.275 e. The summed E-state index contributed by atoms with van der Waals surface area (Å²) in [6.07, 6.45) is 2.58. The second kappa shape index (κ2) is 19.2. The molecule has 0 unspecified atom stereocenters. The maximum atomic E-state index is 12.7. The molecule has 13 nitrogen and oxygen atoms in total. The summed E-state index contributed by atoms with van der Waals surface area (Å²) in [5.41, 5.74) is 9.47. The van der Waals surface area contributed by atoms with Crippen LogP contribution in [0.25, 0.3) is 22.5 Å². The largest absolute Gasteiger partial charge is 0.360 e. The van der Waals surface area contributed by atoms with Gasteiger partial charge in [-0.2, -0.15) is 0 Å². The van der Waals surface area contributed by atoms with Crippen molar-refractivity contribution in [3.8, 4) is 22.5 Å². The molecule has 1 fully saturated rings. The zero-order valence-electron chi connectivity index (χ0n) is 28.4. The third kappa shape index (κ3) is 10.4. The second-order valence-electron chi connectivity index (χ2n) is 11.2. The van der Waals surface area contributed by atoms with Crippen molar-refractivity contribution in [2.24, 2.45) is 0 Å². The standard InChI is InChI=1S/C18H21Cl2N3O5.C16H17Cl2N3O2/c1-4-26-14(27-5-2)9-13(24)21-22-18(25)15-10(3)28-23-17(15)16-11(19)7-6-8-12(16)20;1-10-13(16(22)19-21-8-3-2-4-9-21)15(20-23-10)14-11(17)6-5-7-12(14)18/h6-8,14H,4-5,9H2,1-3H3,(H,21,24)(H,22,25);5-7H,2-4,8-9H2,1H3,(H,19,22). The first kappa shape index (κ1) is 40.1. The molecule has 1 aliphatic rings. The summed E-state index contributed by atoms with van der Waals surface area (Å²) in [7, 11) is 0. The van der Waals surface area contributed by atoms with E-state index in [0.29, 0.717) is 61.4 Å². The van der Waals surface area contributed by atoms with Crippen LogP contribution in [0.5, 0.6) is 0 Å². The minimum absolute atomic E-state index is 0.0756. The fraction of sp³-hybridized carbons (Fsp3) is 0.382. The molecule has 0 atom stereocenters. The van der Waals surface area contributed by atoms with Crippen molar-refractivity contribution < 1.29 is 32.9 Å². The topological polar surface area (TPSA) is 161 Å². The molecular formula is C34H38Cl4N6O7. The van der Waals surface area contributed by atoms with Gasteiger partial charge in [-0.05, 0) is 64.8 Å². The highest BCUT2D eigenvalue weighted by Crippen LogP contribution is 2.38. The number of aryl methyl sites for hydroxylation is 2. The molecule has 0 aliphatic carbocycles. The predicted molar refractivity (Wildman–Crippen MR) is 194 cm³/mol. The van der Waals surface area contributed by atoms with Gasteiger partial charge in [0.15, 0.2) is 6.29 Å². The minimum Gasteiger partial charge on any atom is -0.360 e. The number of rotatable bonds is 11. The molecule has 1 saturated heterocycles. The van der Waals surface area contributed by atoms with Gasteiger partial charge in [-0.25, -0.2) is 5.01 Å². The van der Waals surface area contributed by atoms with E-state index in [1.165, 1.54) is 6.42 Å². The predicted octanol–water partition coefficient (Wildman–Crippen LogP) is 7.59. The summed E-state index contributed by atoms with van der Waals surface area (Å²) >= 11 is 24.9. The highest BCUT2D eigenvalue weighted by molar-refractivity contribution is 6.40. The molecule has 51 heavy (non-hydrogen) atoms. The van der Waals surface area contributed by atoms with Crippen LogP contribution in [0.15, 0.2) is 45.4 Å². The van der Waals surface area contributed by atoms with E-state index in [9.17, 15) is 14.4 Å². The molecule has 3 amide bonds. The molecule has 3 heterocycles. The Morgan fingerprint density at radius 1 is 0.745 bits per heavy atom. The van der Waals surface area contributed by atoms with Gasteiger partial charge in [0, 0.05) is 37.4 Å². The average molecular weight is 785 g/mol. The van der Waals surface area contributed by atoms with E-state index in [-0.39, 0.29) is 29.3 Å². The van der Waals surface area contributed by atoms with E-state index in [4.69, 9.17) is 64.9 Å². The Kier molecular flexibility index (Phi) is 15.1. The second-order valence-corrected chi connectivity index (χ2v) is 12.8. The van der Waals surface area contributed by atoms with Gasteiger partial charge in [0.2, 0.25) is 5.91 Å². The van der Waals surface area contributed by atoms with Gasteiger partial charge < -0.3 is 18.5 Å². The lowest BCUT2D eigenvalue weighted by atomic mass is 10.1. The molecule has 274 valence electrons. The Balaban J connectivity index is 0.000000233. The number of benzene rings is 2. The van der Waals surface area contributed by atoms with Crippen LogP contribution < -0.4 is 16.3 Å². The molecule has 2 aromatic heterocycles. The summed E-state index contributed by atoms with van der Waals surface area (Å²) < 4.78 is 21.0. The monoisotopic (exact) mass is 782 g/mol. The number of nitrogens with one attached hydrogen (secondary N) is 3. The maximum Gasteiger partial charge on any atom is 0.275 e. The molecule has 4 aromatic rings. The summed E-state index contributed by atoms with van der Waals surface area (Å²) in [6, 6.07) is 10.1. The molecule has 2 aromatic carbocycles. The van der Waals surface area contributed by atoms with Crippen LogP contribution >= 0.6 is 46.4 Å². The van der Waals surface area contributed by atoms with Gasteiger partial charge in [-0.15, -0.1) is 0 Å². The Morgan fingerprint density at radius 3 is 1.65 bits per heavy atom. The summed E-state index contributed by atoms with van der Waals surface area (Å²) in [5.74, 6) is -0.671. The first-order chi connectivity index (χ1) is 24.5. The van der Waals surface area contributed by atoms with E-state index >= 15 is 0 Å². The number of nitrogens with zero attached hydrogens (tertiary/aromatic N) is 3. The number of amides is 3. The SMILES string of the molecule is CCOC(CC(=O)NNC(=O)c1c(-c2c(Cl)cccc2Cl)noc1C)OCC.Cc1onc(-c2c(Cl)cccc2Cl)c1C(=O)NN1CCCCC1. The van der Waals surface area contributed by atoms with Crippen LogP contribution in [0, 0.1) is 13.8 Å². The third-order valence-corrected chi connectivity index (χ3v) is 8.83. The Hall–Kier alpha value is -3.69. The lowest BCUT2D eigenvalue weighted by molar-refractivity contribution is -0.153. The molecule has 0 spiro atoms. The lowest BCUT2D eigenvalue weighted by Gasteiger charge is -2.26. The molecule has 17 heteroatoms. The molecule has 0 radical (unpaired) electrons. The first-order valence-electron chi connectivity index (χ1n) is 16.2. The van der Waals surface area contributed by atoms with Crippen LogP contribution in [-0.2, 0) is 14.3 Å². The van der Waals surface area contributed by atoms with Crippen LogP contribution in [-0.4, -0.2) is 65.6 Å². The normalized spacial score (nSPS) is 13.0. The molecule has 3 N–H and O–H groups in total. The Labute approximate surface area is 315 Å². The van der Waals surface area contributed by atoms with E-state index in [2.05, 4.69) is 26.6 Å². The van der Waals surface area contributed by atoms with E-state index in [0.717, 1.165) is 25.9 Å². The van der Waals surface area contributed by atoms with Crippen molar-refractivity contribution in [2.45, 2.75) is 59.7 Å². The Bertz CT molecular complexity index is 1780. The van der Waals surface area contributed by atoms with Crippen molar-refractivity contribution in [1.29, 1.82) is 0 Å². The van der Waals surface area contributed by atoms with E-state index in [1.54, 1.807) is 64.1 Å². The number of ether oxygens (including phenoxy) is 2. The fourth-order valence-electron chi connectivity index (χ4n) is 5.20. The average Bonchev–Trinajstić information content (AvgIpc) is 3.66. The number of aromatic nitrogens is 2. The quantitative estimate of drug-likeness (QED) is 0.102. The zero-order valence-corrected chi connectivity index (χ0v) is 31.4. The van der Waals surface area contributed by atoms with Gasteiger partial charge >= 0.3 is 0 Å². The minimum atomic E-state index is -0.693. The molecular weight excluding hydrogens is 746 g/mol. The third-order valence-electron chi connectivity index (χ3n) is 7.57. The molecule has 0 saturated carbocycles. The van der Waals surface area contributed by atoms with E-state index < -0.39 is 18.1 Å². The van der Waals surface area contributed by atoms with Crippen LogP contribution in [0.4, 0.5) is 0 Å². The van der Waals surface area contributed by atoms with Crippen LogP contribution in [0.3, 0.4) is 0 Å². The number of carbonyl (C=O) groups is 3. The zero-order chi connectivity index (χ0) is 37.1. The van der Waals surface area contributed by atoms with Crippen molar-refractivity contribution in [1.82, 2.24) is 31.6 Å². The molecule has 1 aliphatic heterocycles. The van der Waals surface area contributed by atoms with Crippen molar-refractivity contribution in [3.63, 3.8) is 0 Å². The van der Waals surface area contributed by atoms with Gasteiger partial charge in [-0.3, -0.25) is 30.7 Å². The van der Waals surface area contributed by atoms with Gasteiger partial charge in [0.05, 0.1) is 26.5 Å². The highest BCUT2D eigenvalue weighted by atomic mass is 35.5. The van der Waals surface area contributed by atoms with Gasteiger partial charge in [0.25, 0.3) is 11.8 Å². The highest BCUT2D eigenvalue weighted by Gasteiger charge is 2.27. The van der Waals surface area contributed by atoms with Crippen LogP contribution in [0.2, 0.25) is 20.1 Å². The number of hydrogen-bond acceptors (Lipinski definition) is 10. The van der Waals surface area contributed by atoms with Crippen LogP contribution in [0.1, 0.15) is 71.8 Å². The number of carbonyl (C=O) groups excluding carboxylic acids is 3. The maximum absolute atomic E-state index is 12.7. The van der Waals surface area contributed by atoms with Crippen molar-refractivity contribution in [3.05, 3.63) is 79.1 Å². The number of hydrazine groups is 2. The summed E-state index contributed by atoms with van der Waals surface area (Å²) in [4.78, 5) is 37.3. The Morgan fingerprint density at radius 2 is 1.20 bits per heavy atom. The summed E-state index contributed by atoms with van der Waals surface area (Å²) in [5, 5.41) is 11.3. The lowest BCUT2D eigenvalue weighted by Crippen LogP contribution is -2.45. The molecule has 5 rings (SSSR count). The summed E-state index contributed by atoms with van der Waals surface area (Å²) in [6.45, 7) is 9.34. The number of halogens is 4. The number of hydrogen-bond donors (Lipinski definition) is 3. The number of piperidine rings is 1. The van der Waals surface area contributed by atoms with Crippen molar-refractivity contribution in [2.75, 3.05) is 26.3 Å². The van der Waals surface area contributed by atoms with Crippen molar-refractivity contribution >= 4 is 64.1 Å². The van der Waals surface area contributed by atoms with E-state index in [1.807, 2.05) is 5.01 Å². The fourth-order valence-corrected chi connectivity index (χ4v) is 6.36. The van der Waals surface area contributed by atoms with Gasteiger partial charge in [0.1, 0.15) is 34.0 Å². The molecule has 0 bridgehead atoms.